The molecule has 1 atom stereocenters. The molecule has 23 heavy (non-hydrogen) atoms. The first kappa shape index (κ1) is 16.7. The number of hydrogen-bond acceptors (Lipinski definition) is 5. The lowest BCUT2D eigenvalue weighted by Gasteiger charge is -2.25. The minimum atomic E-state index is -4.56. The summed E-state index contributed by atoms with van der Waals surface area (Å²) in [7, 11) is 1.53. The summed E-state index contributed by atoms with van der Waals surface area (Å²) in [6.07, 6.45) is -3.53. The number of rotatable bonds is 4. The number of halogens is 3. The van der Waals surface area contributed by atoms with Crippen molar-refractivity contribution in [3.8, 4) is 0 Å². The quantitative estimate of drug-likeness (QED) is 0.634. The van der Waals surface area contributed by atoms with Gasteiger partial charge < -0.3 is 4.90 Å². The summed E-state index contributed by atoms with van der Waals surface area (Å²) in [5.41, 5.74) is -0.559. The van der Waals surface area contributed by atoms with Gasteiger partial charge in [0, 0.05) is 25.4 Å². The molecule has 0 radical (unpaired) electrons. The molecular weight excluding hydrogens is 313 g/mol. The van der Waals surface area contributed by atoms with E-state index >= 15 is 0 Å². The predicted molar refractivity (Wildman–Crippen MR) is 76.9 cm³/mol. The van der Waals surface area contributed by atoms with Gasteiger partial charge in [0.25, 0.3) is 5.69 Å². The Labute approximate surface area is 129 Å². The fourth-order valence-electron chi connectivity index (χ4n) is 1.97. The Kier molecular flexibility index (Phi) is 4.48. The highest BCUT2D eigenvalue weighted by Gasteiger charge is 2.33. The number of nitro benzene ring substituents is 1. The molecule has 0 spiro atoms. The molecule has 6 nitrogen and oxygen atoms in total. The van der Waals surface area contributed by atoms with Gasteiger partial charge in [-0.15, -0.1) is 0 Å². The molecule has 122 valence electrons. The molecule has 1 aromatic heterocycles. The summed E-state index contributed by atoms with van der Waals surface area (Å²) in [6, 6.07) is 6.23. The Morgan fingerprint density at radius 3 is 2.61 bits per heavy atom. The lowest BCUT2D eigenvalue weighted by Crippen LogP contribution is -2.25. The van der Waals surface area contributed by atoms with Crippen LogP contribution < -0.4 is 4.90 Å². The van der Waals surface area contributed by atoms with Crippen molar-refractivity contribution in [2.75, 3.05) is 11.9 Å². The summed E-state index contributed by atoms with van der Waals surface area (Å²) < 4.78 is 38.1. The van der Waals surface area contributed by atoms with E-state index in [2.05, 4.69) is 9.97 Å². The van der Waals surface area contributed by atoms with Crippen LogP contribution in [0.25, 0.3) is 0 Å². The fraction of sp³-hybridized carbons (Fsp3) is 0.286. The second-order valence-electron chi connectivity index (χ2n) is 4.88. The van der Waals surface area contributed by atoms with E-state index in [0.29, 0.717) is 5.56 Å². The van der Waals surface area contributed by atoms with Crippen LogP contribution in [0.2, 0.25) is 0 Å². The van der Waals surface area contributed by atoms with E-state index in [4.69, 9.17) is 0 Å². The van der Waals surface area contributed by atoms with Gasteiger partial charge >= 0.3 is 6.18 Å². The van der Waals surface area contributed by atoms with E-state index < -0.39 is 22.8 Å². The molecular formula is C14H13F3N4O2. The van der Waals surface area contributed by atoms with Gasteiger partial charge in [-0.1, -0.05) is 12.1 Å². The van der Waals surface area contributed by atoms with Gasteiger partial charge in [-0.3, -0.25) is 10.1 Å². The first-order valence-electron chi connectivity index (χ1n) is 6.57. The third-order valence-corrected chi connectivity index (χ3v) is 3.39. The molecule has 0 aliphatic heterocycles. The van der Waals surface area contributed by atoms with Gasteiger partial charge in [0.15, 0.2) is 0 Å². The summed E-state index contributed by atoms with van der Waals surface area (Å²) >= 11 is 0. The van der Waals surface area contributed by atoms with Crippen LogP contribution in [0.4, 0.5) is 24.8 Å². The van der Waals surface area contributed by atoms with Crippen molar-refractivity contribution < 1.29 is 18.1 Å². The number of hydrogen-bond donors (Lipinski definition) is 0. The molecule has 2 rings (SSSR count). The molecule has 0 saturated carbocycles. The van der Waals surface area contributed by atoms with Crippen LogP contribution >= 0.6 is 0 Å². The number of non-ortho nitro benzene ring substituents is 1. The highest BCUT2D eigenvalue weighted by molar-refractivity contribution is 5.40. The minimum absolute atomic E-state index is 0.0901. The highest BCUT2D eigenvalue weighted by Crippen LogP contribution is 2.30. The topological polar surface area (TPSA) is 72.2 Å². The molecule has 9 heteroatoms. The first-order chi connectivity index (χ1) is 10.7. The van der Waals surface area contributed by atoms with E-state index in [1.807, 2.05) is 0 Å². The largest absolute Gasteiger partial charge is 0.433 e. The lowest BCUT2D eigenvalue weighted by atomic mass is 10.1. The van der Waals surface area contributed by atoms with Crippen molar-refractivity contribution >= 4 is 11.6 Å². The van der Waals surface area contributed by atoms with Crippen molar-refractivity contribution in [1.29, 1.82) is 0 Å². The van der Waals surface area contributed by atoms with Crippen molar-refractivity contribution in [2.45, 2.75) is 19.1 Å². The number of anilines is 1. The van der Waals surface area contributed by atoms with E-state index in [0.717, 1.165) is 12.3 Å². The fourth-order valence-corrected chi connectivity index (χ4v) is 1.97. The smallest absolute Gasteiger partial charge is 0.337 e. The highest BCUT2D eigenvalue weighted by atomic mass is 19.4. The Bertz CT molecular complexity index is 721. The molecule has 0 fully saturated rings. The molecule has 0 bridgehead atoms. The predicted octanol–water partition coefficient (Wildman–Crippen LogP) is 3.60. The summed E-state index contributed by atoms with van der Waals surface area (Å²) in [5.74, 6) is -0.112. The van der Waals surface area contributed by atoms with E-state index in [9.17, 15) is 23.3 Å². The Morgan fingerprint density at radius 2 is 2.00 bits per heavy atom. The van der Waals surface area contributed by atoms with Crippen molar-refractivity contribution in [2.24, 2.45) is 0 Å². The summed E-state index contributed by atoms with van der Waals surface area (Å²) in [5, 5.41) is 10.8. The minimum Gasteiger partial charge on any atom is -0.337 e. The van der Waals surface area contributed by atoms with Gasteiger partial charge in [-0.2, -0.15) is 13.2 Å². The van der Waals surface area contributed by atoms with Gasteiger partial charge in [0.05, 0.1) is 11.0 Å². The Hall–Kier alpha value is -2.71. The SMILES string of the molecule is CC(c1cccc([N+](=O)[O-])c1)N(C)c1nccc(C(F)(F)F)n1. The van der Waals surface area contributed by atoms with E-state index in [1.165, 1.54) is 30.1 Å². The van der Waals surface area contributed by atoms with Gasteiger partial charge in [-0.05, 0) is 18.6 Å². The number of alkyl halides is 3. The molecule has 0 aliphatic carbocycles. The number of nitrogens with zero attached hydrogens (tertiary/aromatic N) is 4. The zero-order chi connectivity index (χ0) is 17.2. The van der Waals surface area contributed by atoms with Crippen LogP contribution in [-0.4, -0.2) is 21.9 Å². The molecule has 1 unspecified atom stereocenters. The van der Waals surface area contributed by atoms with Crippen LogP contribution in [-0.2, 0) is 6.18 Å². The number of benzene rings is 1. The maximum absolute atomic E-state index is 12.7. The zero-order valence-corrected chi connectivity index (χ0v) is 12.3. The second-order valence-corrected chi connectivity index (χ2v) is 4.88. The summed E-state index contributed by atoms with van der Waals surface area (Å²) in [4.78, 5) is 19.0. The van der Waals surface area contributed by atoms with Crippen LogP contribution in [0.3, 0.4) is 0 Å². The first-order valence-corrected chi connectivity index (χ1v) is 6.57. The maximum atomic E-state index is 12.7. The summed E-state index contributed by atoms with van der Waals surface area (Å²) in [6.45, 7) is 1.70. The molecule has 1 heterocycles. The second kappa shape index (κ2) is 6.19. The number of nitro groups is 1. The molecule has 0 saturated heterocycles. The van der Waals surface area contributed by atoms with Gasteiger partial charge in [0.2, 0.25) is 5.95 Å². The molecule has 0 N–H and O–H groups in total. The normalized spacial score (nSPS) is 12.7. The Morgan fingerprint density at radius 1 is 1.30 bits per heavy atom. The lowest BCUT2D eigenvalue weighted by molar-refractivity contribution is -0.384. The number of aromatic nitrogens is 2. The van der Waals surface area contributed by atoms with Crippen molar-refractivity contribution in [3.63, 3.8) is 0 Å². The van der Waals surface area contributed by atoms with Crippen LogP contribution in [0.1, 0.15) is 24.2 Å². The van der Waals surface area contributed by atoms with Crippen molar-refractivity contribution in [3.05, 3.63) is 57.9 Å². The van der Waals surface area contributed by atoms with E-state index in [1.54, 1.807) is 13.0 Å². The van der Waals surface area contributed by atoms with Gasteiger partial charge in [0.1, 0.15) is 5.69 Å². The van der Waals surface area contributed by atoms with Crippen LogP contribution in [0.15, 0.2) is 36.5 Å². The average molecular weight is 326 g/mol. The molecule has 1 aromatic carbocycles. The standard InChI is InChI=1S/C14H13F3N4O2/c1-9(10-4-3-5-11(8-10)21(22)23)20(2)13-18-7-6-12(19-13)14(15,16)17/h3-9H,1-2H3. The Balaban J connectivity index is 2.31. The van der Waals surface area contributed by atoms with E-state index in [-0.39, 0.29) is 11.6 Å². The molecule has 2 aromatic rings. The average Bonchev–Trinajstić information content (AvgIpc) is 2.53. The third-order valence-electron chi connectivity index (χ3n) is 3.39. The zero-order valence-electron chi connectivity index (χ0n) is 12.3. The van der Waals surface area contributed by atoms with Crippen molar-refractivity contribution in [1.82, 2.24) is 9.97 Å². The maximum Gasteiger partial charge on any atom is 0.433 e. The monoisotopic (exact) mass is 326 g/mol. The van der Waals surface area contributed by atoms with Crippen LogP contribution in [0.5, 0.6) is 0 Å². The molecule has 0 aliphatic rings. The molecule has 0 amide bonds. The van der Waals surface area contributed by atoms with Crippen LogP contribution in [0, 0.1) is 10.1 Å². The van der Waals surface area contributed by atoms with Gasteiger partial charge in [-0.25, -0.2) is 9.97 Å². The third kappa shape index (κ3) is 3.74.